The smallest absolute Gasteiger partial charge is 0.134 e. The first kappa shape index (κ1) is 18.2. The third-order valence-electron chi connectivity index (χ3n) is 4.12. The summed E-state index contributed by atoms with van der Waals surface area (Å²) in [5, 5.41) is 10.3. The van der Waals surface area contributed by atoms with Gasteiger partial charge in [0.15, 0.2) is 0 Å². The van der Waals surface area contributed by atoms with E-state index < -0.39 is 0 Å². The number of ether oxygens (including phenoxy) is 1. The second-order valence-electron chi connectivity index (χ2n) is 6.66. The maximum atomic E-state index is 9.50. The second kappa shape index (κ2) is 8.16. The summed E-state index contributed by atoms with van der Waals surface area (Å²) in [6, 6.07) is 8.30. The largest absolute Gasteiger partial charge is 0.492 e. The Morgan fingerprint density at radius 2 is 2.16 bits per heavy atom. The van der Waals surface area contributed by atoms with E-state index in [1.54, 1.807) is 11.3 Å². The molecule has 1 aliphatic carbocycles. The van der Waals surface area contributed by atoms with Crippen molar-refractivity contribution in [3.05, 3.63) is 44.2 Å². The first-order valence-corrected chi connectivity index (χ1v) is 10.2. The molecule has 5 heteroatoms. The summed E-state index contributed by atoms with van der Waals surface area (Å²) >= 11 is 5.23. The number of fused-ring (bicyclic) bond motifs is 1. The van der Waals surface area contributed by atoms with E-state index in [2.05, 4.69) is 40.8 Å². The van der Waals surface area contributed by atoms with E-state index in [1.807, 2.05) is 24.4 Å². The third-order valence-corrected chi connectivity index (χ3v) is 5.94. The highest BCUT2D eigenvalue weighted by Gasteiger charge is 2.20. The lowest BCUT2D eigenvalue weighted by atomic mass is 9.96. The standard InChI is InChI=1S/C20H21BrN2OS/c1-13(2)12-24-18-8-7-14(9-17(18)21)11-23-20-16(10-22)15-5-3-4-6-19(15)25-20/h7-9,11,13H,3-6,12H2,1-2H3. The summed E-state index contributed by atoms with van der Waals surface area (Å²) < 4.78 is 6.69. The summed E-state index contributed by atoms with van der Waals surface area (Å²) in [5.74, 6) is 1.33. The molecular formula is C20H21BrN2OS. The van der Waals surface area contributed by atoms with Gasteiger partial charge in [-0.05, 0) is 76.9 Å². The molecule has 0 atom stereocenters. The van der Waals surface area contributed by atoms with Gasteiger partial charge >= 0.3 is 0 Å². The molecule has 0 spiro atoms. The normalized spacial score (nSPS) is 13.9. The number of hydrogen-bond donors (Lipinski definition) is 0. The Bertz CT molecular complexity index is 833. The van der Waals surface area contributed by atoms with E-state index in [0.29, 0.717) is 12.5 Å². The van der Waals surface area contributed by atoms with E-state index in [9.17, 15) is 5.26 Å². The van der Waals surface area contributed by atoms with Gasteiger partial charge in [0.05, 0.1) is 16.6 Å². The van der Waals surface area contributed by atoms with Gasteiger partial charge < -0.3 is 4.74 Å². The van der Waals surface area contributed by atoms with Crippen molar-refractivity contribution < 1.29 is 4.74 Å². The maximum absolute atomic E-state index is 9.50. The van der Waals surface area contributed by atoms with Crippen molar-refractivity contribution in [1.82, 2.24) is 0 Å². The van der Waals surface area contributed by atoms with Gasteiger partial charge in [0.1, 0.15) is 16.8 Å². The molecule has 1 aromatic carbocycles. The van der Waals surface area contributed by atoms with Crippen LogP contribution in [0.5, 0.6) is 5.75 Å². The van der Waals surface area contributed by atoms with Crippen molar-refractivity contribution in [1.29, 1.82) is 5.26 Å². The number of aryl methyl sites for hydroxylation is 1. The van der Waals surface area contributed by atoms with Crippen LogP contribution >= 0.6 is 27.3 Å². The summed E-state index contributed by atoms with van der Waals surface area (Å²) in [4.78, 5) is 5.95. The average Bonchev–Trinajstić information content (AvgIpc) is 2.96. The van der Waals surface area contributed by atoms with Crippen LogP contribution in [0.15, 0.2) is 27.7 Å². The van der Waals surface area contributed by atoms with Gasteiger partial charge in [0.25, 0.3) is 0 Å². The number of halogens is 1. The lowest BCUT2D eigenvalue weighted by molar-refractivity contribution is 0.269. The van der Waals surface area contributed by atoms with Crippen LogP contribution < -0.4 is 4.74 Å². The first-order valence-electron chi connectivity index (χ1n) is 8.59. The summed E-state index contributed by atoms with van der Waals surface area (Å²) in [6.07, 6.45) is 6.31. The molecule has 0 radical (unpaired) electrons. The first-order chi connectivity index (χ1) is 12.1. The van der Waals surface area contributed by atoms with Crippen LogP contribution in [-0.2, 0) is 12.8 Å². The Morgan fingerprint density at radius 1 is 1.36 bits per heavy atom. The minimum atomic E-state index is 0.488. The number of thiophene rings is 1. The zero-order valence-corrected chi connectivity index (χ0v) is 16.9. The zero-order chi connectivity index (χ0) is 17.8. The molecule has 1 aromatic heterocycles. The molecule has 3 nitrogen and oxygen atoms in total. The number of hydrogen-bond acceptors (Lipinski definition) is 4. The molecule has 3 rings (SSSR count). The van der Waals surface area contributed by atoms with Gasteiger partial charge in [-0.1, -0.05) is 13.8 Å². The van der Waals surface area contributed by atoms with Gasteiger partial charge in [-0.15, -0.1) is 11.3 Å². The monoisotopic (exact) mass is 416 g/mol. The number of benzene rings is 1. The molecule has 0 N–H and O–H groups in total. The van der Waals surface area contributed by atoms with Gasteiger partial charge in [-0.25, -0.2) is 4.99 Å². The number of nitriles is 1. The lowest BCUT2D eigenvalue weighted by Crippen LogP contribution is -2.04. The fourth-order valence-electron chi connectivity index (χ4n) is 2.86. The predicted molar refractivity (Wildman–Crippen MR) is 107 cm³/mol. The van der Waals surface area contributed by atoms with Crippen LogP contribution in [-0.4, -0.2) is 12.8 Å². The molecule has 25 heavy (non-hydrogen) atoms. The van der Waals surface area contributed by atoms with Crippen LogP contribution in [0, 0.1) is 17.2 Å². The average molecular weight is 417 g/mol. The van der Waals surface area contributed by atoms with Gasteiger partial charge in [-0.3, -0.25) is 0 Å². The quantitative estimate of drug-likeness (QED) is 0.556. The van der Waals surface area contributed by atoms with E-state index in [-0.39, 0.29) is 0 Å². The Morgan fingerprint density at radius 3 is 2.88 bits per heavy atom. The third kappa shape index (κ3) is 4.31. The molecule has 0 saturated carbocycles. The van der Waals surface area contributed by atoms with E-state index in [0.717, 1.165) is 39.2 Å². The van der Waals surface area contributed by atoms with Crippen LogP contribution in [0.25, 0.3) is 0 Å². The Balaban J connectivity index is 1.80. The number of aliphatic imine (C=N–C) groups is 1. The highest BCUT2D eigenvalue weighted by molar-refractivity contribution is 9.10. The maximum Gasteiger partial charge on any atom is 0.134 e. The molecule has 0 saturated heterocycles. The predicted octanol–water partition coefficient (Wildman–Crippen LogP) is 6.05. The summed E-state index contributed by atoms with van der Waals surface area (Å²) in [6.45, 7) is 4.95. The molecule has 0 aliphatic heterocycles. The topological polar surface area (TPSA) is 45.4 Å². The minimum Gasteiger partial charge on any atom is -0.492 e. The summed E-state index contributed by atoms with van der Waals surface area (Å²) in [5.41, 5.74) is 2.98. The fourth-order valence-corrected chi connectivity index (χ4v) is 4.56. The minimum absolute atomic E-state index is 0.488. The van der Waals surface area contributed by atoms with Crippen LogP contribution in [0.2, 0.25) is 0 Å². The Hall–Kier alpha value is -1.64. The van der Waals surface area contributed by atoms with Crippen molar-refractivity contribution in [2.45, 2.75) is 39.5 Å². The summed E-state index contributed by atoms with van der Waals surface area (Å²) in [7, 11) is 0. The van der Waals surface area contributed by atoms with E-state index >= 15 is 0 Å². The number of rotatable bonds is 5. The van der Waals surface area contributed by atoms with Gasteiger partial charge in [-0.2, -0.15) is 5.26 Å². The van der Waals surface area contributed by atoms with Crippen molar-refractivity contribution in [3.63, 3.8) is 0 Å². The van der Waals surface area contributed by atoms with Crippen LogP contribution in [0.1, 0.15) is 48.3 Å². The highest BCUT2D eigenvalue weighted by Crippen LogP contribution is 2.39. The van der Waals surface area contributed by atoms with Gasteiger partial charge in [0.2, 0.25) is 0 Å². The molecule has 1 aliphatic rings. The van der Waals surface area contributed by atoms with Crippen molar-refractivity contribution >= 4 is 38.5 Å². The molecule has 0 bridgehead atoms. The molecule has 1 heterocycles. The SMILES string of the molecule is CC(C)COc1ccc(C=Nc2sc3c(c2C#N)CCCC3)cc1Br. The molecule has 2 aromatic rings. The Kier molecular flexibility index (Phi) is 5.93. The van der Waals surface area contributed by atoms with Crippen molar-refractivity contribution in [2.75, 3.05) is 6.61 Å². The molecule has 0 fully saturated rings. The number of nitrogens with zero attached hydrogens (tertiary/aromatic N) is 2. The van der Waals surface area contributed by atoms with Crippen LogP contribution in [0.3, 0.4) is 0 Å². The fraction of sp³-hybridized carbons (Fsp3) is 0.400. The van der Waals surface area contributed by atoms with Gasteiger partial charge in [0, 0.05) is 11.1 Å². The molecular weight excluding hydrogens is 396 g/mol. The highest BCUT2D eigenvalue weighted by atomic mass is 79.9. The van der Waals surface area contributed by atoms with E-state index in [4.69, 9.17) is 4.74 Å². The zero-order valence-electron chi connectivity index (χ0n) is 14.5. The second-order valence-corrected chi connectivity index (χ2v) is 8.59. The lowest BCUT2D eigenvalue weighted by Gasteiger charge is -2.10. The Labute approximate surface area is 161 Å². The van der Waals surface area contributed by atoms with Crippen molar-refractivity contribution in [3.8, 4) is 11.8 Å². The molecule has 0 amide bonds. The van der Waals surface area contributed by atoms with Crippen molar-refractivity contribution in [2.24, 2.45) is 10.9 Å². The van der Waals surface area contributed by atoms with E-state index in [1.165, 1.54) is 23.3 Å². The van der Waals surface area contributed by atoms with Crippen LogP contribution in [0.4, 0.5) is 5.00 Å². The molecule has 130 valence electrons. The molecule has 0 unspecified atom stereocenters.